The molecule has 0 bridgehead atoms. The summed E-state index contributed by atoms with van der Waals surface area (Å²) in [5.41, 5.74) is 2.83. The Bertz CT molecular complexity index is 1580. The number of rotatable bonds is 11. The zero-order valence-corrected chi connectivity index (χ0v) is 26.0. The molecular formula is C34H41FN4O5. The molecule has 1 aliphatic heterocycles. The maximum Gasteiger partial charge on any atom is 0.314 e. The van der Waals surface area contributed by atoms with Gasteiger partial charge in [0.05, 0.1) is 30.3 Å². The summed E-state index contributed by atoms with van der Waals surface area (Å²) in [6, 6.07) is 12.2. The number of carbonyl (C=O) groups is 3. The van der Waals surface area contributed by atoms with Crippen molar-refractivity contribution in [2.75, 3.05) is 13.2 Å². The van der Waals surface area contributed by atoms with E-state index in [1.165, 1.54) is 12.1 Å². The van der Waals surface area contributed by atoms with Gasteiger partial charge in [-0.3, -0.25) is 19.2 Å². The van der Waals surface area contributed by atoms with Gasteiger partial charge in [-0.15, -0.1) is 0 Å². The maximum absolute atomic E-state index is 14.2. The Morgan fingerprint density at radius 2 is 1.80 bits per heavy atom. The summed E-state index contributed by atoms with van der Waals surface area (Å²) in [5, 5.41) is 9.15. The fourth-order valence-corrected chi connectivity index (χ4v) is 6.45. The fraction of sp³-hybridized carbons (Fsp3) is 0.441. The zero-order chi connectivity index (χ0) is 32.0. The van der Waals surface area contributed by atoms with Crippen molar-refractivity contribution >= 4 is 17.8 Å². The molecular weight excluding hydrogens is 563 g/mol. The Hall–Kier alpha value is -4.34. The predicted molar refractivity (Wildman–Crippen MR) is 165 cm³/mol. The smallest absolute Gasteiger partial charge is 0.314 e. The fourth-order valence-electron chi connectivity index (χ4n) is 6.45. The largest absolute Gasteiger partial charge is 0.466 e. The lowest BCUT2D eigenvalue weighted by molar-refractivity contribution is -0.162. The first-order valence-electron chi connectivity index (χ1n) is 15.2. The highest BCUT2D eigenvalue weighted by Gasteiger charge is 2.52. The van der Waals surface area contributed by atoms with Gasteiger partial charge in [0.15, 0.2) is 0 Å². The Labute approximate surface area is 257 Å². The van der Waals surface area contributed by atoms with Gasteiger partial charge in [0.25, 0.3) is 11.5 Å². The molecule has 44 heavy (non-hydrogen) atoms. The minimum atomic E-state index is -0.931. The van der Waals surface area contributed by atoms with E-state index in [4.69, 9.17) is 4.74 Å². The first kappa shape index (κ1) is 32.6. The molecule has 0 radical (unpaired) electrons. The zero-order valence-electron chi connectivity index (χ0n) is 26.0. The molecule has 0 spiro atoms. The van der Waals surface area contributed by atoms with E-state index in [9.17, 15) is 23.6 Å². The topological polar surface area (TPSA) is 121 Å². The van der Waals surface area contributed by atoms with Gasteiger partial charge in [0.2, 0.25) is 5.91 Å². The number of benzene rings is 2. The van der Waals surface area contributed by atoms with Crippen LogP contribution >= 0.6 is 0 Å². The Morgan fingerprint density at radius 1 is 1.05 bits per heavy atom. The highest BCUT2D eigenvalue weighted by atomic mass is 19.1. The van der Waals surface area contributed by atoms with Crippen molar-refractivity contribution in [2.24, 2.45) is 5.41 Å². The van der Waals surface area contributed by atoms with Gasteiger partial charge in [0.1, 0.15) is 5.82 Å². The highest BCUT2D eigenvalue weighted by molar-refractivity contribution is 5.97. The number of hydrogen-bond acceptors (Lipinski definition) is 6. The molecule has 2 amide bonds. The van der Waals surface area contributed by atoms with Crippen LogP contribution in [-0.4, -0.2) is 52.1 Å². The van der Waals surface area contributed by atoms with Gasteiger partial charge in [-0.05, 0) is 93.5 Å². The molecule has 0 aliphatic carbocycles. The second-order valence-corrected chi connectivity index (χ2v) is 11.4. The van der Waals surface area contributed by atoms with E-state index in [0.717, 1.165) is 11.1 Å². The third-order valence-corrected chi connectivity index (χ3v) is 8.88. The first-order valence-corrected chi connectivity index (χ1v) is 15.2. The van der Waals surface area contributed by atoms with Crippen molar-refractivity contribution in [2.45, 2.75) is 78.8 Å². The summed E-state index contributed by atoms with van der Waals surface area (Å²) in [6.07, 6.45) is 2.42. The normalized spacial score (nSPS) is 16.5. The van der Waals surface area contributed by atoms with Crippen molar-refractivity contribution in [1.29, 1.82) is 0 Å². The number of amides is 2. The molecule has 1 fully saturated rings. The molecule has 2 atom stereocenters. The second-order valence-electron chi connectivity index (χ2n) is 11.4. The number of esters is 1. The molecule has 234 valence electrons. The van der Waals surface area contributed by atoms with E-state index in [-0.39, 0.29) is 30.6 Å². The number of likely N-dealkylation sites (tertiary alicyclic amines) is 1. The average molecular weight is 605 g/mol. The highest BCUT2D eigenvalue weighted by Crippen LogP contribution is 2.47. The summed E-state index contributed by atoms with van der Waals surface area (Å²) in [4.78, 5) is 54.3. The lowest BCUT2D eigenvalue weighted by atomic mass is 9.74. The van der Waals surface area contributed by atoms with Gasteiger partial charge < -0.3 is 15.0 Å². The number of hydrogen-bond donors (Lipinski definition) is 2. The van der Waals surface area contributed by atoms with E-state index >= 15 is 0 Å². The van der Waals surface area contributed by atoms with Gasteiger partial charge in [-0.2, -0.15) is 5.10 Å². The third kappa shape index (κ3) is 6.74. The Morgan fingerprint density at radius 3 is 2.45 bits per heavy atom. The Kier molecular flexibility index (Phi) is 10.3. The number of carbonyl (C=O) groups excluding carboxylic acids is 3. The molecule has 1 aliphatic rings. The number of halogens is 1. The molecule has 2 heterocycles. The molecule has 0 saturated carbocycles. The van der Waals surface area contributed by atoms with E-state index in [1.54, 1.807) is 55.1 Å². The number of nitrogens with zero attached hydrogens (tertiary/aromatic N) is 2. The lowest BCUT2D eigenvalue weighted by Crippen LogP contribution is -2.53. The molecule has 1 saturated heterocycles. The second kappa shape index (κ2) is 14.0. The van der Waals surface area contributed by atoms with Crippen molar-refractivity contribution in [1.82, 2.24) is 20.4 Å². The number of ether oxygens (including phenoxy) is 1. The van der Waals surface area contributed by atoms with E-state index in [1.807, 2.05) is 20.8 Å². The number of aromatic amines is 1. The molecule has 10 heteroatoms. The molecule has 1 aromatic heterocycles. The van der Waals surface area contributed by atoms with Crippen LogP contribution in [0.25, 0.3) is 0 Å². The van der Waals surface area contributed by atoms with Gasteiger partial charge in [-0.25, -0.2) is 9.49 Å². The molecule has 9 nitrogen and oxygen atoms in total. The number of aromatic nitrogens is 2. The maximum atomic E-state index is 14.2. The summed E-state index contributed by atoms with van der Waals surface area (Å²) >= 11 is 0. The lowest BCUT2D eigenvalue weighted by Gasteiger charge is -2.42. The number of aryl methyl sites for hydroxylation is 2. The van der Waals surface area contributed by atoms with Crippen LogP contribution in [0.3, 0.4) is 0 Å². The van der Waals surface area contributed by atoms with Crippen LogP contribution < -0.4 is 10.9 Å². The monoisotopic (exact) mass is 604 g/mol. The number of nitrogens with one attached hydrogen (secondary N) is 2. The van der Waals surface area contributed by atoms with Crippen LogP contribution in [0.5, 0.6) is 0 Å². The minimum absolute atomic E-state index is 0.224. The number of H-pyrrole nitrogens is 1. The summed E-state index contributed by atoms with van der Waals surface area (Å²) in [6.45, 7) is 9.18. The first-order chi connectivity index (χ1) is 21.0. The van der Waals surface area contributed by atoms with Crippen LogP contribution in [0.2, 0.25) is 0 Å². The van der Waals surface area contributed by atoms with Gasteiger partial charge in [0, 0.05) is 23.6 Å². The molecule has 0 unspecified atom stereocenters. The summed E-state index contributed by atoms with van der Waals surface area (Å²) in [5.74, 6) is -1.54. The standard InChI is InChI=1S/C34H41FN4O5/c1-6-34(7-2,33(43)44-8-3)29-15-14-28(24-10-9-11-27(35)19-24)39(29)30(40)20-36-31(41)25-13-12-23(21(4)16-25)18-26-17-22(5)37-38-32(26)42/h9-13,16-17,19,28-29H,6-8,14-15,18,20H2,1-5H3,(H,36,41)(H,38,42)/t28-,29+/m0/s1. The third-order valence-electron chi connectivity index (χ3n) is 8.88. The quantitative estimate of drug-likeness (QED) is 0.299. The van der Waals surface area contributed by atoms with Crippen molar-refractivity contribution in [3.05, 3.63) is 98.2 Å². The van der Waals surface area contributed by atoms with Crippen molar-refractivity contribution in [3.63, 3.8) is 0 Å². The average Bonchev–Trinajstić information content (AvgIpc) is 3.45. The molecule has 4 rings (SSSR count). The van der Waals surface area contributed by atoms with Gasteiger partial charge in [-0.1, -0.05) is 32.0 Å². The summed E-state index contributed by atoms with van der Waals surface area (Å²) in [7, 11) is 0. The van der Waals surface area contributed by atoms with E-state index in [0.29, 0.717) is 54.5 Å². The van der Waals surface area contributed by atoms with E-state index in [2.05, 4.69) is 15.5 Å². The van der Waals surface area contributed by atoms with Crippen molar-refractivity contribution < 1.29 is 23.5 Å². The molecule has 3 aromatic rings. The van der Waals surface area contributed by atoms with Crippen LogP contribution in [0.4, 0.5) is 4.39 Å². The Balaban J connectivity index is 1.55. The van der Waals surface area contributed by atoms with Crippen LogP contribution in [0, 0.1) is 25.1 Å². The van der Waals surface area contributed by atoms with E-state index < -0.39 is 29.2 Å². The van der Waals surface area contributed by atoms with Crippen LogP contribution in [0.15, 0.2) is 53.3 Å². The predicted octanol–water partition coefficient (Wildman–Crippen LogP) is 4.95. The van der Waals surface area contributed by atoms with Gasteiger partial charge >= 0.3 is 5.97 Å². The minimum Gasteiger partial charge on any atom is -0.466 e. The van der Waals surface area contributed by atoms with Crippen molar-refractivity contribution in [3.8, 4) is 0 Å². The SMILES string of the molecule is CCOC(=O)C(CC)(CC)[C@H]1CC[C@@H](c2cccc(F)c2)N1C(=O)CNC(=O)c1ccc(Cc2cc(C)n[nH]c2=O)c(C)c1. The van der Waals surface area contributed by atoms with Crippen LogP contribution in [0.1, 0.15) is 90.8 Å². The molecule has 2 aromatic carbocycles. The van der Waals surface area contributed by atoms with Crippen LogP contribution in [-0.2, 0) is 20.7 Å². The molecule has 2 N–H and O–H groups in total. The summed E-state index contributed by atoms with van der Waals surface area (Å²) < 4.78 is 19.7.